The first kappa shape index (κ1) is 32.8. The largest absolute Gasteiger partial charge is 0.457 e. The Hall–Kier alpha value is -7.40. The van der Waals surface area contributed by atoms with Gasteiger partial charge in [-0.2, -0.15) is 0 Å². The minimum Gasteiger partial charge on any atom is -0.457 e. The molecule has 272 valence electrons. The zero-order chi connectivity index (χ0) is 38.2. The van der Waals surface area contributed by atoms with E-state index in [1.54, 1.807) is 0 Å². The average molecular weight is 758 g/mol. The Morgan fingerprint density at radius 1 is 0.379 bits per heavy atom. The van der Waals surface area contributed by atoms with Gasteiger partial charge in [-0.1, -0.05) is 182 Å². The van der Waals surface area contributed by atoms with Crippen LogP contribution in [0, 0.1) is 0 Å². The van der Waals surface area contributed by atoms with Crippen LogP contribution in [0.4, 0.5) is 0 Å². The van der Waals surface area contributed by atoms with Crippen molar-refractivity contribution < 1.29 is 9.15 Å². The van der Waals surface area contributed by atoms with E-state index in [9.17, 15) is 0 Å². The summed E-state index contributed by atoms with van der Waals surface area (Å²) >= 11 is 0. The highest BCUT2D eigenvalue weighted by Crippen LogP contribution is 2.46. The number of furan rings is 1. The first-order valence-electron chi connectivity index (χ1n) is 19.8. The number of fused-ring (bicyclic) bond motifs is 8. The van der Waals surface area contributed by atoms with Gasteiger partial charge in [-0.25, -0.2) is 0 Å². The maximum atomic E-state index is 7.23. The molecular formula is C54H35NO2Si. The quantitative estimate of drug-likeness (QED) is 0.164. The van der Waals surface area contributed by atoms with Crippen molar-refractivity contribution in [3.8, 4) is 39.4 Å². The van der Waals surface area contributed by atoms with Crippen LogP contribution in [-0.2, 0) is 0 Å². The predicted octanol–water partition coefficient (Wildman–Crippen LogP) is 11.5. The predicted molar refractivity (Wildman–Crippen MR) is 243 cm³/mol. The zero-order valence-corrected chi connectivity index (χ0v) is 32.5. The maximum absolute atomic E-state index is 7.23. The first-order chi connectivity index (χ1) is 28.8. The molecular weight excluding hydrogens is 723 g/mol. The van der Waals surface area contributed by atoms with Gasteiger partial charge in [0.1, 0.15) is 22.7 Å². The fourth-order valence-corrected chi connectivity index (χ4v) is 14.7. The van der Waals surface area contributed by atoms with Gasteiger partial charge in [0.15, 0.2) is 8.07 Å². The van der Waals surface area contributed by atoms with E-state index in [4.69, 9.17) is 9.15 Å². The van der Waals surface area contributed by atoms with Crippen molar-refractivity contribution >= 4 is 72.6 Å². The molecule has 11 aromatic rings. The third-order valence-electron chi connectivity index (χ3n) is 12.1. The summed E-state index contributed by atoms with van der Waals surface area (Å²) in [6, 6.07) is 76.7. The number of benzene rings is 9. The number of nitrogens with zero attached hydrogens (tertiary/aromatic N) is 1. The van der Waals surface area contributed by atoms with E-state index < -0.39 is 8.07 Å². The van der Waals surface area contributed by atoms with Gasteiger partial charge in [0, 0.05) is 43.9 Å². The van der Waals surface area contributed by atoms with Crippen molar-refractivity contribution in [2.24, 2.45) is 0 Å². The molecule has 0 N–H and O–H groups in total. The van der Waals surface area contributed by atoms with Gasteiger partial charge in [0.2, 0.25) is 0 Å². The van der Waals surface area contributed by atoms with Crippen molar-refractivity contribution in [3.05, 3.63) is 212 Å². The summed E-state index contributed by atoms with van der Waals surface area (Å²) < 4.78 is 16.8. The molecule has 3 heterocycles. The summed E-state index contributed by atoms with van der Waals surface area (Å²) in [4.78, 5) is 0. The number of rotatable bonds is 5. The third kappa shape index (κ3) is 4.67. The van der Waals surface area contributed by atoms with Gasteiger partial charge in [0.25, 0.3) is 0 Å². The highest BCUT2D eigenvalue weighted by molar-refractivity contribution is 7.20. The molecule has 1 aliphatic heterocycles. The van der Waals surface area contributed by atoms with Crippen molar-refractivity contribution in [2.45, 2.75) is 0 Å². The molecule has 0 fully saturated rings. The maximum Gasteiger partial charge on any atom is 0.188 e. The molecule has 1 aliphatic rings. The molecule has 0 spiro atoms. The molecule has 12 rings (SSSR count). The summed E-state index contributed by atoms with van der Waals surface area (Å²) in [7, 11) is -2.89. The lowest BCUT2D eigenvalue weighted by Crippen LogP contribution is -2.76. The minimum absolute atomic E-state index is 0.838. The van der Waals surface area contributed by atoms with E-state index in [-0.39, 0.29) is 0 Å². The molecule has 0 unspecified atom stereocenters. The van der Waals surface area contributed by atoms with Gasteiger partial charge >= 0.3 is 0 Å². The van der Waals surface area contributed by atoms with Crippen LogP contribution < -0.4 is 25.5 Å². The van der Waals surface area contributed by atoms with Crippen LogP contribution in [-0.4, -0.2) is 12.6 Å². The lowest BCUT2D eigenvalue weighted by atomic mass is 9.98. The molecule has 0 bridgehead atoms. The van der Waals surface area contributed by atoms with Crippen LogP contribution in [0.25, 0.3) is 71.7 Å². The lowest BCUT2D eigenvalue weighted by Gasteiger charge is -2.40. The Kier molecular flexibility index (Phi) is 7.25. The van der Waals surface area contributed by atoms with Crippen LogP contribution in [0.3, 0.4) is 0 Å². The Morgan fingerprint density at radius 2 is 0.914 bits per heavy atom. The van der Waals surface area contributed by atoms with E-state index in [1.807, 2.05) is 0 Å². The molecule has 58 heavy (non-hydrogen) atoms. The molecule has 0 atom stereocenters. The van der Waals surface area contributed by atoms with Gasteiger partial charge in [-0.15, -0.1) is 0 Å². The Labute approximate surface area is 336 Å². The number of ether oxygens (including phenoxy) is 1. The molecule has 4 heteroatoms. The minimum atomic E-state index is -2.89. The first-order valence-corrected chi connectivity index (χ1v) is 21.8. The van der Waals surface area contributed by atoms with E-state index in [2.05, 4.69) is 217 Å². The summed E-state index contributed by atoms with van der Waals surface area (Å²) in [6.07, 6.45) is 0. The fraction of sp³-hybridized carbons (Fsp3) is 0. The second-order valence-electron chi connectivity index (χ2n) is 15.2. The van der Waals surface area contributed by atoms with Crippen LogP contribution in [0.1, 0.15) is 0 Å². The molecule has 0 aliphatic carbocycles. The molecule has 0 amide bonds. The van der Waals surface area contributed by atoms with Gasteiger partial charge < -0.3 is 13.7 Å². The van der Waals surface area contributed by atoms with Crippen molar-refractivity contribution in [2.75, 3.05) is 0 Å². The summed E-state index contributed by atoms with van der Waals surface area (Å²) in [5.74, 6) is 1.78. The van der Waals surface area contributed by atoms with Crippen LogP contribution >= 0.6 is 0 Å². The molecule has 0 saturated carbocycles. The van der Waals surface area contributed by atoms with Gasteiger partial charge in [-0.05, 0) is 56.6 Å². The number of hydrogen-bond acceptors (Lipinski definition) is 2. The fourth-order valence-electron chi connectivity index (χ4n) is 9.70. The SMILES string of the molecule is c1ccc(-c2cccc3c2oc2c(-c4cccc5c4Oc4ccccc4[Si]5(c4ccccc4)c4ccccc4)cc(-n4c5ccccc5c5ccccc54)cc23)cc1. The molecule has 0 radical (unpaired) electrons. The number of aromatic nitrogens is 1. The van der Waals surface area contributed by atoms with Crippen LogP contribution in [0.2, 0.25) is 0 Å². The summed E-state index contributed by atoms with van der Waals surface area (Å²) in [5, 5.41) is 9.68. The smallest absolute Gasteiger partial charge is 0.188 e. The molecule has 0 saturated heterocycles. The summed E-state index contributed by atoms with van der Waals surface area (Å²) in [5.41, 5.74) is 9.28. The van der Waals surface area contributed by atoms with E-state index >= 15 is 0 Å². The van der Waals surface area contributed by atoms with Crippen molar-refractivity contribution in [1.29, 1.82) is 0 Å². The Bertz CT molecular complexity index is 3270. The lowest BCUT2D eigenvalue weighted by molar-refractivity contribution is 0.489. The molecule has 2 aromatic heterocycles. The summed E-state index contributed by atoms with van der Waals surface area (Å²) in [6.45, 7) is 0. The topological polar surface area (TPSA) is 27.3 Å². The average Bonchev–Trinajstić information content (AvgIpc) is 3.85. The van der Waals surface area contributed by atoms with Gasteiger partial charge in [-0.3, -0.25) is 0 Å². The van der Waals surface area contributed by atoms with E-state index in [1.165, 1.54) is 31.5 Å². The second-order valence-corrected chi connectivity index (χ2v) is 18.9. The van der Waals surface area contributed by atoms with Crippen LogP contribution in [0.15, 0.2) is 217 Å². The standard InChI is InChI=1S/C54H35NO2Si/c1-4-18-36(19-5-1)40-26-16-27-43-45-34-37(55-47-29-12-10-24-41(47)42-25-11-13-30-48(42)55)35-46(53(45)57-52(40)43)44-28-17-33-51-54(44)56-49-31-14-15-32-50(49)58(51,38-20-6-2-7-21-38)39-22-8-3-9-23-39/h1-35H. The monoisotopic (exact) mass is 757 g/mol. The Morgan fingerprint density at radius 3 is 1.62 bits per heavy atom. The van der Waals surface area contributed by atoms with Crippen molar-refractivity contribution in [1.82, 2.24) is 4.57 Å². The number of para-hydroxylation sites is 5. The highest BCUT2D eigenvalue weighted by Gasteiger charge is 2.48. The van der Waals surface area contributed by atoms with E-state index in [0.717, 1.165) is 72.4 Å². The number of hydrogen-bond donors (Lipinski definition) is 0. The highest BCUT2D eigenvalue weighted by atomic mass is 28.3. The third-order valence-corrected chi connectivity index (χ3v) is 17.0. The van der Waals surface area contributed by atoms with Crippen LogP contribution in [0.5, 0.6) is 11.5 Å². The molecule has 3 nitrogen and oxygen atoms in total. The molecule has 9 aromatic carbocycles. The van der Waals surface area contributed by atoms with E-state index in [0.29, 0.717) is 0 Å². The second kappa shape index (κ2) is 12.8. The van der Waals surface area contributed by atoms with Crippen molar-refractivity contribution in [3.63, 3.8) is 0 Å². The normalized spacial score (nSPS) is 13.1. The Balaban J connectivity index is 1.22. The zero-order valence-electron chi connectivity index (χ0n) is 31.5. The van der Waals surface area contributed by atoms with Gasteiger partial charge in [0.05, 0.1) is 11.0 Å².